The molecule has 1 amide bonds. The first kappa shape index (κ1) is 19.6. The second kappa shape index (κ2) is 9.20. The zero-order valence-corrected chi connectivity index (χ0v) is 16.6. The second-order valence-corrected chi connectivity index (χ2v) is 7.62. The van der Waals surface area contributed by atoms with Crippen molar-refractivity contribution in [3.63, 3.8) is 0 Å². The summed E-state index contributed by atoms with van der Waals surface area (Å²) in [6.07, 6.45) is 0.474. The van der Waals surface area contributed by atoms with E-state index in [0.717, 1.165) is 49.1 Å². The van der Waals surface area contributed by atoms with Crippen LogP contribution in [0.2, 0.25) is 0 Å². The molecule has 1 atom stereocenters. The minimum Gasteiger partial charge on any atom is -0.449 e. The van der Waals surface area contributed by atoms with Crippen LogP contribution in [0, 0.1) is 0 Å². The Balaban J connectivity index is 1.40. The van der Waals surface area contributed by atoms with Gasteiger partial charge in [-0.1, -0.05) is 36.4 Å². The second-order valence-electron chi connectivity index (χ2n) is 7.62. The molecule has 3 rings (SSSR count). The van der Waals surface area contributed by atoms with E-state index in [-0.39, 0.29) is 6.09 Å². The molecule has 1 saturated heterocycles. The number of anilines is 1. The van der Waals surface area contributed by atoms with Crippen molar-refractivity contribution in [2.45, 2.75) is 39.3 Å². The first-order valence-electron chi connectivity index (χ1n) is 9.94. The molecular formula is C22H31N3O2. The number of nitrogens with one attached hydrogen (secondary N) is 1. The third kappa shape index (κ3) is 5.21. The van der Waals surface area contributed by atoms with Crippen LogP contribution in [-0.4, -0.2) is 60.8 Å². The van der Waals surface area contributed by atoms with Gasteiger partial charge in [-0.05, 0) is 38.6 Å². The summed E-state index contributed by atoms with van der Waals surface area (Å²) in [4.78, 5) is 17.1. The maximum absolute atomic E-state index is 12.1. The largest absolute Gasteiger partial charge is 0.449 e. The van der Waals surface area contributed by atoms with E-state index in [1.807, 2.05) is 42.5 Å². The molecule has 0 spiro atoms. The Kier molecular flexibility index (Phi) is 6.69. The van der Waals surface area contributed by atoms with Gasteiger partial charge in [-0.15, -0.1) is 0 Å². The number of carbonyl (C=O) groups is 1. The molecule has 2 aromatic rings. The number of carbonyl (C=O) groups excluding carboxylic acids is 1. The van der Waals surface area contributed by atoms with Crippen molar-refractivity contribution in [3.05, 3.63) is 42.5 Å². The van der Waals surface area contributed by atoms with Crippen LogP contribution in [0.4, 0.5) is 10.5 Å². The van der Waals surface area contributed by atoms with Crippen molar-refractivity contribution in [3.8, 4) is 0 Å². The quantitative estimate of drug-likeness (QED) is 0.776. The minimum absolute atomic E-state index is 0.385. The summed E-state index contributed by atoms with van der Waals surface area (Å²) in [6.45, 7) is 11.5. The molecule has 1 heterocycles. The Bertz CT molecular complexity index is 757. The third-order valence-electron chi connectivity index (χ3n) is 5.30. The van der Waals surface area contributed by atoms with Gasteiger partial charge >= 0.3 is 6.09 Å². The molecule has 1 aliphatic heterocycles. The molecule has 2 aromatic carbocycles. The number of piperazine rings is 1. The van der Waals surface area contributed by atoms with E-state index in [1.165, 1.54) is 0 Å². The SMILES string of the molecule is CC(C)N1CCN(CCCOC(=O)Nc2cccc3ccccc23)CC1C. The molecule has 1 N–H and O–H groups in total. The van der Waals surface area contributed by atoms with Crippen LogP contribution in [0.15, 0.2) is 42.5 Å². The molecule has 0 bridgehead atoms. The molecule has 0 radical (unpaired) electrons. The van der Waals surface area contributed by atoms with Gasteiger partial charge in [0.25, 0.3) is 0 Å². The topological polar surface area (TPSA) is 44.8 Å². The van der Waals surface area contributed by atoms with Gasteiger partial charge in [0.05, 0.1) is 12.3 Å². The van der Waals surface area contributed by atoms with Crippen LogP contribution in [0.25, 0.3) is 10.8 Å². The standard InChI is InChI=1S/C22H31N3O2/c1-17(2)25-14-13-24(16-18(25)3)12-7-15-27-22(26)23-21-11-6-9-19-8-4-5-10-20(19)21/h4-6,8-11,17-18H,7,12-16H2,1-3H3,(H,23,26). The van der Waals surface area contributed by atoms with Crippen LogP contribution >= 0.6 is 0 Å². The van der Waals surface area contributed by atoms with E-state index in [1.54, 1.807) is 0 Å². The lowest BCUT2D eigenvalue weighted by molar-refractivity contribution is 0.0562. The average molecular weight is 370 g/mol. The summed E-state index contributed by atoms with van der Waals surface area (Å²) in [7, 11) is 0. The molecule has 1 fully saturated rings. The van der Waals surface area contributed by atoms with Crippen molar-refractivity contribution in [1.82, 2.24) is 9.80 Å². The van der Waals surface area contributed by atoms with Crippen LogP contribution in [0.5, 0.6) is 0 Å². The molecule has 27 heavy (non-hydrogen) atoms. The van der Waals surface area contributed by atoms with E-state index >= 15 is 0 Å². The van der Waals surface area contributed by atoms with Gasteiger partial charge in [-0.25, -0.2) is 4.79 Å². The van der Waals surface area contributed by atoms with Gasteiger partial charge in [0.2, 0.25) is 0 Å². The predicted octanol–water partition coefficient (Wildman–Crippen LogP) is 4.19. The van der Waals surface area contributed by atoms with E-state index < -0.39 is 0 Å². The van der Waals surface area contributed by atoms with Gasteiger partial charge in [-0.3, -0.25) is 10.2 Å². The average Bonchev–Trinajstić information content (AvgIpc) is 2.65. The van der Waals surface area contributed by atoms with E-state index in [0.29, 0.717) is 18.7 Å². The molecule has 146 valence electrons. The number of ether oxygens (including phenoxy) is 1. The summed E-state index contributed by atoms with van der Waals surface area (Å²) in [5, 5.41) is 4.99. The third-order valence-corrected chi connectivity index (χ3v) is 5.30. The summed E-state index contributed by atoms with van der Waals surface area (Å²) in [5.41, 5.74) is 0.789. The first-order valence-corrected chi connectivity index (χ1v) is 9.94. The zero-order chi connectivity index (χ0) is 19.2. The normalized spacial score (nSPS) is 18.7. The maximum atomic E-state index is 12.1. The smallest absolute Gasteiger partial charge is 0.411 e. The van der Waals surface area contributed by atoms with Crippen LogP contribution in [-0.2, 0) is 4.74 Å². The highest BCUT2D eigenvalue weighted by atomic mass is 16.5. The lowest BCUT2D eigenvalue weighted by Gasteiger charge is -2.42. The minimum atomic E-state index is -0.385. The van der Waals surface area contributed by atoms with Crippen molar-refractivity contribution in [2.75, 3.05) is 38.1 Å². The fourth-order valence-corrected chi connectivity index (χ4v) is 3.95. The highest BCUT2D eigenvalue weighted by Gasteiger charge is 2.24. The highest BCUT2D eigenvalue weighted by molar-refractivity contribution is 6.00. The number of amides is 1. The zero-order valence-electron chi connectivity index (χ0n) is 16.6. The van der Waals surface area contributed by atoms with Gasteiger partial charge in [0.15, 0.2) is 0 Å². The van der Waals surface area contributed by atoms with Crippen LogP contribution in [0.1, 0.15) is 27.2 Å². The van der Waals surface area contributed by atoms with Crippen molar-refractivity contribution in [2.24, 2.45) is 0 Å². The Morgan fingerprint density at radius 2 is 1.96 bits per heavy atom. The fraction of sp³-hybridized carbons (Fsp3) is 0.500. The summed E-state index contributed by atoms with van der Waals surface area (Å²) < 4.78 is 5.38. The molecular weight excluding hydrogens is 338 g/mol. The maximum Gasteiger partial charge on any atom is 0.411 e. The summed E-state index contributed by atoms with van der Waals surface area (Å²) in [6, 6.07) is 15.1. The number of hydrogen-bond donors (Lipinski definition) is 1. The van der Waals surface area contributed by atoms with E-state index in [2.05, 4.69) is 35.9 Å². The predicted molar refractivity (Wildman–Crippen MR) is 111 cm³/mol. The van der Waals surface area contributed by atoms with Crippen LogP contribution < -0.4 is 5.32 Å². The fourth-order valence-electron chi connectivity index (χ4n) is 3.95. The number of benzene rings is 2. The molecule has 1 aliphatic rings. The van der Waals surface area contributed by atoms with Crippen molar-refractivity contribution in [1.29, 1.82) is 0 Å². The first-order chi connectivity index (χ1) is 13.0. The van der Waals surface area contributed by atoms with Gasteiger partial charge in [0, 0.05) is 43.6 Å². The lowest BCUT2D eigenvalue weighted by atomic mass is 10.1. The number of nitrogens with zero attached hydrogens (tertiary/aromatic N) is 2. The Morgan fingerprint density at radius 3 is 2.74 bits per heavy atom. The molecule has 1 unspecified atom stereocenters. The van der Waals surface area contributed by atoms with Gasteiger partial charge in [-0.2, -0.15) is 0 Å². The number of rotatable bonds is 6. The lowest BCUT2D eigenvalue weighted by Crippen LogP contribution is -2.54. The number of hydrogen-bond acceptors (Lipinski definition) is 4. The van der Waals surface area contributed by atoms with E-state index in [4.69, 9.17) is 4.74 Å². The Labute approximate surface area is 162 Å². The van der Waals surface area contributed by atoms with Crippen molar-refractivity contribution >= 4 is 22.6 Å². The number of fused-ring (bicyclic) bond motifs is 1. The summed E-state index contributed by atoms with van der Waals surface area (Å²) in [5.74, 6) is 0. The van der Waals surface area contributed by atoms with E-state index in [9.17, 15) is 4.79 Å². The Morgan fingerprint density at radius 1 is 1.19 bits per heavy atom. The monoisotopic (exact) mass is 369 g/mol. The molecule has 0 aliphatic carbocycles. The van der Waals surface area contributed by atoms with Crippen LogP contribution in [0.3, 0.4) is 0 Å². The molecule has 5 heteroatoms. The molecule has 5 nitrogen and oxygen atoms in total. The molecule has 0 aromatic heterocycles. The van der Waals surface area contributed by atoms with Gasteiger partial charge in [0.1, 0.15) is 0 Å². The Hall–Kier alpha value is -2.11. The highest BCUT2D eigenvalue weighted by Crippen LogP contribution is 2.23. The van der Waals surface area contributed by atoms with Crippen molar-refractivity contribution < 1.29 is 9.53 Å². The summed E-state index contributed by atoms with van der Waals surface area (Å²) >= 11 is 0. The molecule has 0 saturated carbocycles. The van der Waals surface area contributed by atoms with Gasteiger partial charge < -0.3 is 9.64 Å².